The SMILES string of the molecule is O=C(O)[C@H]1C[C@H](c2ccc(-c3nc4ccc(C5(c6ccccc6)CC5)nc4s3)c(F)c2)CN1. The lowest BCUT2D eigenvalue weighted by Crippen LogP contribution is -2.29. The molecule has 1 saturated heterocycles. The molecule has 0 bridgehead atoms. The number of nitrogens with one attached hydrogen (secondary N) is 1. The summed E-state index contributed by atoms with van der Waals surface area (Å²) in [4.78, 5) is 21.6. The number of nitrogens with zero attached hydrogens (tertiary/aromatic N) is 2. The minimum Gasteiger partial charge on any atom is -0.480 e. The zero-order chi connectivity index (χ0) is 22.6. The summed E-state index contributed by atoms with van der Waals surface area (Å²) in [6, 6.07) is 19.1. The first kappa shape index (κ1) is 20.4. The minimum atomic E-state index is -0.865. The van der Waals surface area contributed by atoms with Crippen LogP contribution in [0.3, 0.4) is 0 Å². The smallest absolute Gasteiger partial charge is 0.320 e. The highest BCUT2D eigenvalue weighted by Crippen LogP contribution is 2.53. The largest absolute Gasteiger partial charge is 0.480 e. The van der Waals surface area contributed by atoms with Crippen molar-refractivity contribution in [3.05, 3.63) is 83.3 Å². The Kier molecular flexibility index (Phi) is 4.78. The van der Waals surface area contributed by atoms with Gasteiger partial charge in [0.15, 0.2) is 0 Å². The predicted molar refractivity (Wildman–Crippen MR) is 126 cm³/mol. The van der Waals surface area contributed by atoms with Gasteiger partial charge in [0.1, 0.15) is 27.2 Å². The van der Waals surface area contributed by atoms with Gasteiger partial charge in [-0.15, -0.1) is 0 Å². The normalized spacial score (nSPS) is 21.4. The first-order valence-electron chi connectivity index (χ1n) is 11.1. The number of carboxylic acids is 1. The zero-order valence-electron chi connectivity index (χ0n) is 17.8. The third kappa shape index (κ3) is 3.52. The van der Waals surface area contributed by atoms with E-state index in [1.54, 1.807) is 6.07 Å². The Labute approximate surface area is 194 Å². The van der Waals surface area contributed by atoms with Crippen molar-refractivity contribution in [3.8, 4) is 10.6 Å². The number of aromatic nitrogens is 2. The number of pyridine rings is 1. The van der Waals surface area contributed by atoms with Crippen LogP contribution in [0.1, 0.15) is 42.0 Å². The van der Waals surface area contributed by atoms with Gasteiger partial charge in [-0.25, -0.2) is 14.4 Å². The summed E-state index contributed by atoms with van der Waals surface area (Å²) in [5, 5.41) is 12.8. The molecular weight excluding hydrogens is 437 g/mol. The van der Waals surface area contributed by atoms with E-state index in [0.717, 1.165) is 34.4 Å². The Morgan fingerprint density at radius 2 is 1.91 bits per heavy atom. The van der Waals surface area contributed by atoms with Gasteiger partial charge in [0.2, 0.25) is 0 Å². The first-order valence-corrected chi connectivity index (χ1v) is 11.9. The molecule has 4 aromatic rings. The van der Waals surface area contributed by atoms with Gasteiger partial charge in [0.25, 0.3) is 0 Å². The highest BCUT2D eigenvalue weighted by molar-refractivity contribution is 7.21. The lowest BCUT2D eigenvalue weighted by molar-refractivity contribution is -0.139. The standard InChI is InChI=1S/C26H22FN3O2S/c27-19-12-15(16-13-21(25(31)32)28-14-16)6-7-18(19)23-29-20-8-9-22(30-24(20)33-23)26(10-11-26)17-4-2-1-3-5-17/h1-9,12,16,21,28H,10-11,13-14H2,(H,31,32)/t16-,21+/m0/s1. The van der Waals surface area contributed by atoms with Gasteiger partial charge in [-0.3, -0.25) is 4.79 Å². The topological polar surface area (TPSA) is 75.1 Å². The van der Waals surface area contributed by atoms with Crippen molar-refractivity contribution in [2.45, 2.75) is 36.6 Å². The van der Waals surface area contributed by atoms with Gasteiger partial charge < -0.3 is 10.4 Å². The third-order valence-electron chi connectivity index (χ3n) is 6.95. The van der Waals surface area contributed by atoms with E-state index in [2.05, 4.69) is 40.6 Å². The molecule has 0 spiro atoms. The minimum absolute atomic E-state index is 0.0121. The van der Waals surface area contributed by atoms with Crippen LogP contribution >= 0.6 is 11.3 Å². The molecule has 0 unspecified atom stereocenters. The maximum atomic E-state index is 15.1. The van der Waals surface area contributed by atoms with Crippen molar-refractivity contribution in [2.75, 3.05) is 6.54 Å². The Morgan fingerprint density at radius 1 is 1.09 bits per heavy atom. The Bertz CT molecular complexity index is 1370. The number of rotatable bonds is 5. The number of hydrogen-bond acceptors (Lipinski definition) is 5. The highest BCUT2D eigenvalue weighted by atomic mass is 32.1. The summed E-state index contributed by atoms with van der Waals surface area (Å²) >= 11 is 1.41. The molecule has 2 aliphatic rings. The van der Waals surface area contributed by atoms with Crippen molar-refractivity contribution in [3.63, 3.8) is 0 Å². The van der Waals surface area contributed by atoms with Gasteiger partial charge in [0, 0.05) is 17.5 Å². The lowest BCUT2D eigenvalue weighted by Gasteiger charge is -2.14. The highest BCUT2D eigenvalue weighted by Gasteiger charge is 2.47. The molecule has 2 aromatic heterocycles. The molecule has 2 aromatic carbocycles. The molecule has 6 rings (SSSR count). The number of carbonyl (C=O) groups is 1. The zero-order valence-corrected chi connectivity index (χ0v) is 18.6. The summed E-state index contributed by atoms with van der Waals surface area (Å²) in [6.45, 7) is 0.534. The number of aliphatic carboxylic acids is 1. The first-order chi connectivity index (χ1) is 16.0. The van der Waals surface area contributed by atoms with E-state index in [0.29, 0.717) is 23.5 Å². The Hall–Kier alpha value is -3.16. The van der Waals surface area contributed by atoms with Crippen LogP contribution in [0.25, 0.3) is 20.9 Å². The predicted octanol–water partition coefficient (Wildman–Crippen LogP) is 5.11. The summed E-state index contributed by atoms with van der Waals surface area (Å²) in [5.74, 6) is -1.22. The van der Waals surface area contributed by atoms with Crippen LogP contribution in [0.4, 0.5) is 4.39 Å². The summed E-state index contributed by atoms with van der Waals surface area (Å²) in [6.07, 6.45) is 2.62. The van der Waals surface area contributed by atoms with Crippen LogP contribution in [-0.4, -0.2) is 33.6 Å². The van der Waals surface area contributed by atoms with Crippen molar-refractivity contribution in [2.24, 2.45) is 0 Å². The molecule has 0 amide bonds. The lowest BCUT2D eigenvalue weighted by atomic mass is 9.92. The van der Waals surface area contributed by atoms with Crippen LogP contribution in [0.2, 0.25) is 0 Å². The van der Waals surface area contributed by atoms with Crippen LogP contribution in [-0.2, 0) is 10.2 Å². The van der Waals surface area contributed by atoms with Gasteiger partial charge in [-0.1, -0.05) is 47.7 Å². The molecule has 0 radical (unpaired) electrons. The quantitative estimate of drug-likeness (QED) is 0.434. The van der Waals surface area contributed by atoms with Crippen LogP contribution in [0.5, 0.6) is 0 Å². The second-order valence-corrected chi connectivity index (χ2v) is 9.94. The molecule has 2 atom stereocenters. The molecule has 1 aliphatic heterocycles. The number of carboxylic acid groups (broad SMARTS) is 1. The Balaban J connectivity index is 1.30. The van der Waals surface area contributed by atoms with E-state index in [1.165, 1.54) is 23.0 Å². The van der Waals surface area contributed by atoms with E-state index in [1.807, 2.05) is 18.2 Å². The molecule has 33 heavy (non-hydrogen) atoms. The average Bonchev–Trinajstić information content (AvgIpc) is 3.28. The van der Waals surface area contributed by atoms with Gasteiger partial charge in [-0.2, -0.15) is 0 Å². The van der Waals surface area contributed by atoms with Crippen molar-refractivity contribution < 1.29 is 14.3 Å². The van der Waals surface area contributed by atoms with Crippen LogP contribution in [0.15, 0.2) is 60.7 Å². The molecule has 7 heteroatoms. The van der Waals surface area contributed by atoms with Crippen molar-refractivity contribution in [1.29, 1.82) is 0 Å². The van der Waals surface area contributed by atoms with Crippen molar-refractivity contribution in [1.82, 2.24) is 15.3 Å². The van der Waals surface area contributed by atoms with Gasteiger partial charge in [0.05, 0.1) is 5.69 Å². The molecule has 2 N–H and O–H groups in total. The fourth-order valence-electron chi connectivity index (χ4n) is 4.91. The molecule has 1 saturated carbocycles. The molecule has 2 fully saturated rings. The summed E-state index contributed by atoms with van der Waals surface area (Å²) in [7, 11) is 0. The fourth-order valence-corrected chi connectivity index (χ4v) is 5.88. The van der Waals surface area contributed by atoms with Crippen molar-refractivity contribution >= 4 is 27.7 Å². The monoisotopic (exact) mass is 459 g/mol. The van der Waals surface area contributed by atoms with Gasteiger partial charge >= 0.3 is 5.97 Å². The molecular formula is C26H22FN3O2S. The number of hydrogen-bond donors (Lipinski definition) is 2. The molecule has 5 nitrogen and oxygen atoms in total. The van der Waals surface area contributed by atoms with Crippen LogP contribution in [0, 0.1) is 5.82 Å². The number of benzene rings is 2. The van der Waals surface area contributed by atoms with Gasteiger partial charge in [-0.05, 0) is 60.6 Å². The van der Waals surface area contributed by atoms with Crippen LogP contribution < -0.4 is 5.32 Å². The van der Waals surface area contributed by atoms with E-state index in [9.17, 15) is 9.90 Å². The maximum absolute atomic E-state index is 15.1. The van der Waals surface area contributed by atoms with E-state index >= 15 is 4.39 Å². The number of thiazole rings is 1. The summed E-state index contributed by atoms with van der Waals surface area (Å²) < 4.78 is 15.1. The van der Waals surface area contributed by atoms with E-state index in [-0.39, 0.29) is 17.2 Å². The third-order valence-corrected chi connectivity index (χ3v) is 7.94. The molecule has 3 heterocycles. The van der Waals surface area contributed by atoms with E-state index in [4.69, 9.17) is 4.98 Å². The number of halogens is 1. The Morgan fingerprint density at radius 3 is 2.61 bits per heavy atom. The second-order valence-electron chi connectivity index (χ2n) is 8.96. The average molecular weight is 460 g/mol. The second kappa shape index (κ2) is 7.71. The fraction of sp³-hybridized carbons (Fsp3) is 0.269. The molecule has 166 valence electrons. The maximum Gasteiger partial charge on any atom is 0.320 e. The molecule has 1 aliphatic carbocycles. The number of fused-ring (bicyclic) bond motifs is 1. The summed E-state index contributed by atoms with van der Waals surface area (Å²) in [5.41, 5.74) is 4.36. The van der Waals surface area contributed by atoms with E-state index < -0.39 is 12.0 Å².